The fourth-order valence-corrected chi connectivity index (χ4v) is 1.39. The molecule has 0 amide bonds. The van der Waals surface area contributed by atoms with E-state index in [0.29, 0.717) is 12.0 Å². The third-order valence-corrected chi connectivity index (χ3v) is 2.07. The topological polar surface area (TPSA) is 22.0 Å². The molecule has 0 spiro atoms. The molecule has 0 aliphatic carbocycles. The first-order valence-electron chi connectivity index (χ1n) is 4.30. The molecule has 1 aromatic carbocycles. The van der Waals surface area contributed by atoms with E-state index < -0.39 is 11.6 Å². The molecule has 0 bridgehead atoms. The maximum Gasteiger partial charge on any atom is 0.166 e. The van der Waals surface area contributed by atoms with Crippen molar-refractivity contribution in [2.24, 2.45) is 0 Å². The summed E-state index contributed by atoms with van der Waals surface area (Å²) in [7, 11) is 0. The van der Waals surface area contributed by atoms with Gasteiger partial charge in [0, 0.05) is 12.3 Å². The maximum atomic E-state index is 13.4. The predicted octanol–water partition coefficient (Wildman–Crippen LogP) is 2.57. The summed E-state index contributed by atoms with van der Waals surface area (Å²) in [6.07, 6.45) is 2.16. The number of carbonyl (C=O) groups excluding carboxylic acids is 1. The molecular weight excluding hydrogens is 200 g/mol. The molecule has 0 N–H and O–H groups in total. The molecule has 4 heteroatoms. The van der Waals surface area contributed by atoms with Crippen molar-refractivity contribution >= 4 is 6.29 Å². The Kier molecular flexibility index (Phi) is 2.33. The van der Waals surface area contributed by atoms with Crippen LogP contribution in [0.2, 0.25) is 0 Å². The minimum Gasteiger partial charge on any atom is -0.311 e. The average molecular weight is 207 g/mol. The lowest BCUT2D eigenvalue weighted by Gasteiger charge is -2.06. The SMILES string of the molecule is O=Cc1cccn1-c1ccc(F)cc1F. The monoisotopic (exact) mass is 207 g/mol. The van der Waals surface area contributed by atoms with Crippen LogP contribution >= 0.6 is 0 Å². The Morgan fingerprint density at radius 3 is 2.67 bits per heavy atom. The van der Waals surface area contributed by atoms with E-state index in [-0.39, 0.29) is 5.69 Å². The maximum absolute atomic E-state index is 13.4. The van der Waals surface area contributed by atoms with Crippen molar-refractivity contribution in [2.75, 3.05) is 0 Å². The van der Waals surface area contributed by atoms with Crippen LogP contribution in [0.1, 0.15) is 10.5 Å². The van der Waals surface area contributed by atoms with E-state index in [1.54, 1.807) is 18.3 Å². The van der Waals surface area contributed by atoms with Crippen LogP contribution in [0, 0.1) is 11.6 Å². The molecule has 2 rings (SSSR count). The molecule has 0 saturated carbocycles. The minimum absolute atomic E-state index is 0.156. The predicted molar refractivity (Wildman–Crippen MR) is 51.1 cm³/mol. The molecule has 1 heterocycles. The van der Waals surface area contributed by atoms with Crippen molar-refractivity contribution in [3.05, 3.63) is 53.9 Å². The Hall–Kier alpha value is -1.97. The van der Waals surface area contributed by atoms with E-state index in [1.807, 2.05) is 0 Å². The van der Waals surface area contributed by atoms with Crippen molar-refractivity contribution in [1.29, 1.82) is 0 Å². The average Bonchev–Trinajstić information content (AvgIpc) is 2.65. The van der Waals surface area contributed by atoms with E-state index in [1.165, 1.54) is 10.6 Å². The van der Waals surface area contributed by atoms with Crippen molar-refractivity contribution in [3.8, 4) is 5.69 Å². The lowest BCUT2D eigenvalue weighted by Crippen LogP contribution is -2.00. The second-order valence-corrected chi connectivity index (χ2v) is 3.02. The van der Waals surface area contributed by atoms with Crippen LogP contribution in [0.4, 0.5) is 8.78 Å². The lowest BCUT2D eigenvalue weighted by atomic mass is 10.3. The number of aldehydes is 1. The Morgan fingerprint density at radius 2 is 2.00 bits per heavy atom. The molecular formula is C11H7F2NO. The summed E-state index contributed by atoms with van der Waals surface area (Å²) in [5.74, 6) is -1.34. The second-order valence-electron chi connectivity index (χ2n) is 3.02. The third-order valence-electron chi connectivity index (χ3n) is 2.07. The standard InChI is InChI=1S/C11H7F2NO/c12-8-3-4-11(10(13)6-8)14-5-1-2-9(14)7-15/h1-7H. The number of nitrogens with zero attached hydrogens (tertiary/aromatic N) is 1. The Balaban J connectivity index is 2.59. The first-order chi connectivity index (χ1) is 7.22. The second kappa shape index (κ2) is 3.65. The summed E-state index contributed by atoms with van der Waals surface area (Å²) in [6.45, 7) is 0. The van der Waals surface area contributed by atoms with Gasteiger partial charge in [-0.15, -0.1) is 0 Å². The van der Waals surface area contributed by atoms with Crippen LogP contribution < -0.4 is 0 Å². The smallest absolute Gasteiger partial charge is 0.166 e. The number of aromatic nitrogens is 1. The molecule has 15 heavy (non-hydrogen) atoms. The van der Waals surface area contributed by atoms with Gasteiger partial charge in [0.25, 0.3) is 0 Å². The minimum atomic E-state index is -0.700. The first kappa shape index (κ1) is 9.58. The molecule has 76 valence electrons. The van der Waals surface area contributed by atoms with E-state index in [9.17, 15) is 13.6 Å². The number of hydrogen-bond donors (Lipinski definition) is 0. The number of halogens is 2. The Labute approximate surface area is 84.8 Å². The molecule has 2 nitrogen and oxygen atoms in total. The van der Waals surface area contributed by atoms with Crippen LogP contribution in [-0.2, 0) is 0 Å². The zero-order chi connectivity index (χ0) is 10.8. The molecule has 0 saturated heterocycles. The highest BCUT2D eigenvalue weighted by Gasteiger charge is 2.08. The zero-order valence-electron chi connectivity index (χ0n) is 7.65. The number of rotatable bonds is 2. The van der Waals surface area contributed by atoms with E-state index >= 15 is 0 Å². The van der Waals surface area contributed by atoms with Gasteiger partial charge in [-0.05, 0) is 24.3 Å². The van der Waals surface area contributed by atoms with E-state index in [2.05, 4.69) is 0 Å². The van der Waals surface area contributed by atoms with Crippen LogP contribution in [0.3, 0.4) is 0 Å². The Bertz CT molecular complexity index is 505. The Morgan fingerprint density at radius 1 is 1.20 bits per heavy atom. The highest BCUT2D eigenvalue weighted by molar-refractivity contribution is 5.73. The van der Waals surface area contributed by atoms with Crippen molar-refractivity contribution in [1.82, 2.24) is 4.57 Å². The van der Waals surface area contributed by atoms with Crippen molar-refractivity contribution in [2.45, 2.75) is 0 Å². The molecule has 0 atom stereocenters. The summed E-state index contributed by atoms with van der Waals surface area (Å²) in [4.78, 5) is 10.6. The number of hydrogen-bond acceptors (Lipinski definition) is 1. The largest absolute Gasteiger partial charge is 0.311 e. The fraction of sp³-hybridized carbons (Fsp3) is 0. The van der Waals surface area contributed by atoms with Gasteiger partial charge in [0.05, 0.1) is 11.4 Å². The van der Waals surface area contributed by atoms with Gasteiger partial charge in [-0.1, -0.05) is 0 Å². The summed E-state index contributed by atoms with van der Waals surface area (Å²) >= 11 is 0. The lowest BCUT2D eigenvalue weighted by molar-refractivity contribution is 0.111. The molecule has 0 unspecified atom stereocenters. The summed E-state index contributed by atoms with van der Waals surface area (Å²) < 4.78 is 27.4. The summed E-state index contributed by atoms with van der Waals surface area (Å²) in [6, 6.07) is 6.39. The molecule has 0 aliphatic heterocycles. The molecule has 0 aliphatic rings. The highest BCUT2D eigenvalue weighted by atomic mass is 19.1. The quantitative estimate of drug-likeness (QED) is 0.693. The van der Waals surface area contributed by atoms with Crippen LogP contribution in [0.5, 0.6) is 0 Å². The van der Waals surface area contributed by atoms with Crippen LogP contribution in [-0.4, -0.2) is 10.9 Å². The van der Waals surface area contributed by atoms with Gasteiger partial charge in [0.2, 0.25) is 0 Å². The van der Waals surface area contributed by atoms with E-state index in [4.69, 9.17) is 0 Å². The van der Waals surface area contributed by atoms with Gasteiger partial charge < -0.3 is 4.57 Å². The molecule has 0 radical (unpaired) electrons. The van der Waals surface area contributed by atoms with Gasteiger partial charge in [-0.3, -0.25) is 4.79 Å². The summed E-state index contributed by atoms with van der Waals surface area (Å²) in [5.41, 5.74) is 0.476. The van der Waals surface area contributed by atoms with Gasteiger partial charge in [0.15, 0.2) is 6.29 Å². The summed E-state index contributed by atoms with van der Waals surface area (Å²) in [5, 5.41) is 0. The van der Waals surface area contributed by atoms with Gasteiger partial charge in [0.1, 0.15) is 11.6 Å². The normalized spacial score (nSPS) is 10.3. The van der Waals surface area contributed by atoms with Crippen molar-refractivity contribution < 1.29 is 13.6 Å². The number of benzene rings is 1. The number of carbonyl (C=O) groups is 1. The van der Waals surface area contributed by atoms with Crippen molar-refractivity contribution in [3.63, 3.8) is 0 Å². The third kappa shape index (κ3) is 1.66. The first-order valence-corrected chi connectivity index (χ1v) is 4.30. The van der Waals surface area contributed by atoms with Gasteiger partial charge in [-0.2, -0.15) is 0 Å². The van der Waals surface area contributed by atoms with Crippen LogP contribution in [0.25, 0.3) is 5.69 Å². The van der Waals surface area contributed by atoms with Crippen LogP contribution in [0.15, 0.2) is 36.5 Å². The molecule has 1 aromatic heterocycles. The molecule has 0 fully saturated rings. The van der Waals surface area contributed by atoms with Gasteiger partial charge in [-0.25, -0.2) is 8.78 Å². The van der Waals surface area contributed by atoms with E-state index in [0.717, 1.165) is 12.1 Å². The molecule has 2 aromatic rings. The van der Waals surface area contributed by atoms with Gasteiger partial charge >= 0.3 is 0 Å². The highest BCUT2D eigenvalue weighted by Crippen LogP contribution is 2.16. The fourth-order valence-electron chi connectivity index (χ4n) is 1.39. The zero-order valence-corrected chi connectivity index (χ0v) is 7.65.